The molecule has 1 N–H and O–H groups in total. The summed E-state index contributed by atoms with van der Waals surface area (Å²) in [5.41, 5.74) is 1.08. The topological polar surface area (TPSA) is 101 Å². The summed E-state index contributed by atoms with van der Waals surface area (Å²) in [6.45, 7) is -0.0644. The van der Waals surface area contributed by atoms with Crippen LogP contribution < -0.4 is 10.9 Å². The lowest BCUT2D eigenvalue weighted by atomic mass is 10.2. The van der Waals surface area contributed by atoms with Crippen molar-refractivity contribution in [3.8, 4) is 0 Å². The van der Waals surface area contributed by atoms with E-state index in [9.17, 15) is 19.2 Å². The van der Waals surface area contributed by atoms with Crippen LogP contribution in [0.2, 0.25) is 0 Å². The largest absolute Gasteiger partial charge is 0.353 e. The monoisotopic (exact) mass is 434 g/mol. The number of thioether (sulfide) groups is 1. The van der Waals surface area contributed by atoms with Gasteiger partial charge in [0.05, 0.1) is 22.1 Å². The Labute approximate surface area is 181 Å². The molecule has 2 heterocycles. The van der Waals surface area contributed by atoms with E-state index in [0.29, 0.717) is 15.8 Å². The molecule has 3 amide bonds. The number of rotatable bonds is 6. The van der Waals surface area contributed by atoms with Gasteiger partial charge in [0.15, 0.2) is 0 Å². The number of fused-ring (bicyclic) bond motifs is 1. The average molecular weight is 434 g/mol. The molecule has 0 radical (unpaired) electrons. The van der Waals surface area contributed by atoms with Crippen LogP contribution in [0.15, 0.2) is 70.6 Å². The minimum Gasteiger partial charge on any atom is -0.353 e. The zero-order chi connectivity index (χ0) is 21.8. The third-order valence-electron chi connectivity index (χ3n) is 4.67. The van der Waals surface area contributed by atoms with Gasteiger partial charge in [0.1, 0.15) is 6.54 Å². The van der Waals surface area contributed by atoms with Crippen molar-refractivity contribution >= 4 is 45.8 Å². The van der Waals surface area contributed by atoms with Gasteiger partial charge >= 0.3 is 0 Å². The van der Waals surface area contributed by atoms with Gasteiger partial charge in [0.2, 0.25) is 5.91 Å². The highest BCUT2D eigenvalue weighted by Gasteiger charge is 2.34. The summed E-state index contributed by atoms with van der Waals surface area (Å²) in [6, 6.07) is 16.2. The van der Waals surface area contributed by atoms with E-state index in [-0.39, 0.29) is 36.3 Å². The van der Waals surface area contributed by atoms with E-state index >= 15 is 0 Å². The molecule has 0 aliphatic carbocycles. The van der Waals surface area contributed by atoms with Crippen molar-refractivity contribution in [2.75, 3.05) is 13.1 Å². The number of amides is 3. The fourth-order valence-corrected chi connectivity index (χ4v) is 3.99. The van der Waals surface area contributed by atoms with Gasteiger partial charge in [0.25, 0.3) is 16.7 Å². The molecule has 4 rings (SSSR count). The Hall–Kier alpha value is -3.72. The van der Waals surface area contributed by atoms with Gasteiger partial charge in [-0.15, -0.1) is 0 Å². The standard InChI is InChI=1S/C22H18N4O4S/c27-19(13-25-14-24-17-9-5-4-8-16(17)20(25)28)23-10-11-26-21(29)18(31-22(26)30)12-15-6-2-1-3-7-15/h1-9,12,14H,10-11,13H2,(H,23,27). The number of hydrogen-bond donors (Lipinski definition) is 1. The number of hydrogen-bond acceptors (Lipinski definition) is 6. The molecule has 9 heteroatoms. The maximum Gasteiger partial charge on any atom is 0.293 e. The van der Waals surface area contributed by atoms with Gasteiger partial charge in [0, 0.05) is 13.1 Å². The molecule has 1 aliphatic heterocycles. The minimum absolute atomic E-state index is 0.0490. The van der Waals surface area contributed by atoms with Gasteiger partial charge in [-0.1, -0.05) is 42.5 Å². The predicted molar refractivity (Wildman–Crippen MR) is 118 cm³/mol. The van der Waals surface area contributed by atoms with Crippen LogP contribution in [0.3, 0.4) is 0 Å². The number of benzene rings is 2. The van der Waals surface area contributed by atoms with Crippen molar-refractivity contribution in [2.24, 2.45) is 0 Å². The van der Waals surface area contributed by atoms with Crippen molar-refractivity contribution < 1.29 is 14.4 Å². The van der Waals surface area contributed by atoms with Crippen LogP contribution in [0.4, 0.5) is 4.79 Å². The Morgan fingerprint density at radius 1 is 1.03 bits per heavy atom. The Morgan fingerprint density at radius 2 is 1.77 bits per heavy atom. The number of carbonyl (C=O) groups is 3. The normalized spacial score (nSPS) is 15.1. The quantitative estimate of drug-likeness (QED) is 0.597. The summed E-state index contributed by atoms with van der Waals surface area (Å²) < 4.78 is 1.22. The molecule has 0 saturated carbocycles. The molecule has 8 nitrogen and oxygen atoms in total. The summed E-state index contributed by atoms with van der Waals surface area (Å²) in [6.07, 6.45) is 3.00. The molecule has 0 atom stereocenters. The maximum absolute atomic E-state index is 12.5. The molecule has 0 spiro atoms. The van der Waals surface area contributed by atoms with Gasteiger partial charge in [-0.2, -0.15) is 0 Å². The van der Waals surface area contributed by atoms with Crippen LogP contribution in [0.1, 0.15) is 5.56 Å². The first-order valence-electron chi connectivity index (χ1n) is 9.54. The fourth-order valence-electron chi connectivity index (χ4n) is 3.13. The van der Waals surface area contributed by atoms with Crippen LogP contribution in [0.5, 0.6) is 0 Å². The highest BCUT2D eigenvalue weighted by Crippen LogP contribution is 2.31. The second kappa shape index (κ2) is 8.97. The van der Waals surface area contributed by atoms with E-state index in [0.717, 1.165) is 22.2 Å². The molecule has 0 unspecified atom stereocenters. The third-order valence-corrected chi connectivity index (χ3v) is 5.58. The number of imide groups is 1. The lowest BCUT2D eigenvalue weighted by molar-refractivity contribution is -0.124. The van der Waals surface area contributed by atoms with Crippen molar-refractivity contribution in [1.82, 2.24) is 19.8 Å². The first kappa shape index (κ1) is 20.5. The number of carbonyl (C=O) groups excluding carboxylic acids is 3. The highest BCUT2D eigenvalue weighted by atomic mass is 32.2. The molecular weight excluding hydrogens is 416 g/mol. The summed E-state index contributed by atoms with van der Waals surface area (Å²) in [5, 5.41) is 2.69. The van der Waals surface area contributed by atoms with Crippen molar-refractivity contribution in [3.05, 3.63) is 81.7 Å². The van der Waals surface area contributed by atoms with E-state index in [1.54, 1.807) is 30.3 Å². The lowest BCUT2D eigenvalue weighted by Gasteiger charge is -2.13. The molecule has 3 aromatic rings. The van der Waals surface area contributed by atoms with Crippen LogP contribution in [0.25, 0.3) is 17.0 Å². The van der Waals surface area contributed by atoms with E-state index in [2.05, 4.69) is 10.3 Å². The smallest absolute Gasteiger partial charge is 0.293 e. The van der Waals surface area contributed by atoms with Gasteiger partial charge in [-0.25, -0.2) is 4.98 Å². The number of nitrogens with one attached hydrogen (secondary N) is 1. The predicted octanol–water partition coefficient (Wildman–Crippen LogP) is 2.25. The average Bonchev–Trinajstić information content (AvgIpc) is 3.04. The van der Waals surface area contributed by atoms with E-state index in [4.69, 9.17) is 0 Å². The van der Waals surface area contributed by atoms with Crippen molar-refractivity contribution in [3.63, 3.8) is 0 Å². The maximum atomic E-state index is 12.5. The number of para-hydroxylation sites is 1. The van der Waals surface area contributed by atoms with Crippen LogP contribution in [-0.2, 0) is 16.1 Å². The van der Waals surface area contributed by atoms with E-state index in [1.807, 2.05) is 30.3 Å². The fraction of sp³-hybridized carbons (Fsp3) is 0.136. The summed E-state index contributed by atoms with van der Waals surface area (Å²) in [7, 11) is 0. The van der Waals surface area contributed by atoms with Gasteiger partial charge in [-0.3, -0.25) is 28.6 Å². The summed E-state index contributed by atoms with van der Waals surface area (Å²) in [5.74, 6) is -0.797. The van der Waals surface area contributed by atoms with Gasteiger partial charge < -0.3 is 5.32 Å². The molecule has 1 aromatic heterocycles. The lowest BCUT2D eigenvalue weighted by Crippen LogP contribution is -2.39. The molecule has 1 saturated heterocycles. The zero-order valence-electron chi connectivity index (χ0n) is 16.4. The Balaban J connectivity index is 1.34. The molecule has 1 aliphatic rings. The minimum atomic E-state index is -0.411. The molecule has 0 bridgehead atoms. The Kier molecular flexibility index (Phi) is 5.94. The van der Waals surface area contributed by atoms with E-state index < -0.39 is 5.91 Å². The highest BCUT2D eigenvalue weighted by molar-refractivity contribution is 8.18. The number of nitrogens with zero attached hydrogens (tertiary/aromatic N) is 3. The zero-order valence-corrected chi connectivity index (χ0v) is 17.2. The van der Waals surface area contributed by atoms with Gasteiger partial charge in [-0.05, 0) is 35.5 Å². The van der Waals surface area contributed by atoms with Crippen molar-refractivity contribution in [2.45, 2.75) is 6.54 Å². The first-order valence-corrected chi connectivity index (χ1v) is 10.4. The Morgan fingerprint density at radius 3 is 2.58 bits per heavy atom. The SMILES string of the molecule is O=C(Cn1cnc2ccccc2c1=O)NCCN1C(=O)SC(=Cc2ccccc2)C1=O. The molecular formula is C22H18N4O4S. The second-order valence-electron chi connectivity index (χ2n) is 6.79. The number of aromatic nitrogens is 2. The van der Waals surface area contributed by atoms with E-state index in [1.165, 1.54) is 10.9 Å². The second-order valence-corrected chi connectivity index (χ2v) is 7.78. The molecule has 31 heavy (non-hydrogen) atoms. The van der Waals surface area contributed by atoms with Crippen LogP contribution in [-0.4, -0.2) is 44.6 Å². The Bertz CT molecular complexity index is 1250. The molecule has 2 aromatic carbocycles. The van der Waals surface area contributed by atoms with Crippen LogP contribution >= 0.6 is 11.8 Å². The summed E-state index contributed by atoms with van der Waals surface area (Å²) >= 11 is 0.873. The van der Waals surface area contributed by atoms with Crippen LogP contribution in [0, 0.1) is 0 Å². The first-order chi connectivity index (χ1) is 15.0. The molecule has 156 valence electrons. The third kappa shape index (κ3) is 4.56. The van der Waals surface area contributed by atoms with Crippen molar-refractivity contribution in [1.29, 1.82) is 0 Å². The summed E-state index contributed by atoms with van der Waals surface area (Å²) in [4.78, 5) is 55.0. The molecule has 1 fully saturated rings.